The summed E-state index contributed by atoms with van der Waals surface area (Å²) < 4.78 is 0.264. The largest absolute Gasteiger partial charge is 0.334 e. The van der Waals surface area contributed by atoms with Gasteiger partial charge in [0.05, 0.1) is 0 Å². The van der Waals surface area contributed by atoms with Gasteiger partial charge in [-0.1, -0.05) is 6.42 Å². The summed E-state index contributed by atoms with van der Waals surface area (Å²) in [4.78, 5) is 24.2. The van der Waals surface area contributed by atoms with Crippen molar-refractivity contribution in [2.24, 2.45) is 0 Å². The van der Waals surface area contributed by atoms with Gasteiger partial charge in [-0.25, -0.2) is 0 Å². The van der Waals surface area contributed by atoms with Gasteiger partial charge in [0.2, 0.25) is 5.78 Å². The number of likely N-dealkylation sites (tertiary alicyclic amines) is 1. The zero-order chi connectivity index (χ0) is 10.2. The van der Waals surface area contributed by atoms with Crippen LogP contribution in [0.25, 0.3) is 0 Å². The van der Waals surface area contributed by atoms with Crippen molar-refractivity contribution in [3.05, 3.63) is 0 Å². The Morgan fingerprint density at radius 2 is 2.14 bits per heavy atom. The lowest BCUT2D eigenvalue weighted by Gasteiger charge is -2.42. The van der Waals surface area contributed by atoms with Crippen molar-refractivity contribution in [2.75, 3.05) is 19.3 Å². The van der Waals surface area contributed by atoms with Gasteiger partial charge in [-0.05, 0) is 19.1 Å². The average Bonchev–Trinajstić information content (AvgIpc) is 2.42. The maximum atomic E-state index is 11.4. The molecule has 1 saturated heterocycles. The highest BCUT2D eigenvalue weighted by molar-refractivity contribution is 8.00. The van der Waals surface area contributed by atoms with Crippen molar-refractivity contribution < 1.29 is 9.59 Å². The number of hydrogen-bond donors (Lipinski definition) is 0. The quantitative estimate of drug-likeness (QED) is 0.658. The third-order valence-corrected chi connectivity index (χ3v) is 4.71. The molecule has 0 spiro atoms. The van der Waals surface area contributed by atoms with E-state index in [1.807, 2.05) is 11.8 Å². The maximum absolute atomic E-state index is 11.4. The lowest BCUT2D eigenvalue weighted by Crippen LogP contribution is -2.46. The number of nitrogens with zero attached hydrogens (tertiary/aromatic N) is 1. The molecule has 1 heterocycles. The predicted molar refractivity (Wildman–Crippen MR) is 56.3 cm³/mol. The Morgan fingerprint density at radius 3 is 2.50 bits per heavy atom. The molecule has 1 saturated carbocycles. The fraction of sp³-hybridized carbons (Fsp3) is 0.800. The Labute approximate surface area is 88.2 Å². The lowest BCUT2D eigenvalue weighted by molar-refractivity contribution is -0.140. The Bertz CT molecular complexity index is 268. The van der Waals surface area contributed by atoms with Gasteiger partial charge in [0.25, 0.3) is 5.91 Å². The molecule has 14 heavy (non-hydrogen) atoms. The first-order chi connectivity index (χ1) is 6.67. The van der Waals surface area contributed by atoms with E-state index in [0.29, 0.717) is 13.0 Å². The summed E-state index contributed by atoms with van der Waals surface area (Å²) >= 11 is 1.84. The van der Waals surface area contributed by atoms with Gasteiger partial charge in [-0.3, -0.25) is 9.59 Å². The zero-order valence-corrected chi connectivity index (χ0v) is 9.23. The minimum absolute atomic E-state index is 0.208. The molecule has 0 atom stereocenters. The summed E-state index contributed by atoms with van der Waals surface area (Å²) in [5, 5.41) is 0. The van der Waals surface area contributed by atoms with E-state index in [4.69, 9.17) is 0 Å². The smallest absolute Gasteiger partial charge is 0.290 e. The number of rotatable bonds is 3. The number of hydrogen-bond acceptors (Lipinski definition) is 3. The van der Waals surface area contributed by atoms with E-state index in [1.165, 1.54) is 19.3 Å². The number of amides is 1. The Hall–Kier alpha value is -0.510. The van der Waals surface area contributed by atoms with E-state index < -0.39 is 0 Å². The van der Waals surface area contributed by atoms with E-state index in [1.54, 1.807) is 4.90 Å². The lowest BCUT2D eigenvalue weighted by atomic mass is 9.84. The Balaban J connectivity index is 1.97. The summed E-state index contributed by atoms with van der Waals surface area (Å²) in [5.41, 5.74) is 0. The van der Waals surface area contributed by atoms with E-state index in [2.05, 4.69) is 6.26 Å². The second-order valence-electron chi connectivity index (χ2n) is 4.14. The van der Waals surface area contributed by atoms with Gasteiger partial charge < -0.3 is 4.90 Å². The highest BCUT2D eigenvalue weighted by Crippen LogP contribution is 2.43. The number of carbonyl (C=O) groups is 2. The highest BCUT2D eigenvalue weighted by Gasteiger charge is 2.41. The molecule has 1 aliphatic carbocycles. The molecule has 0 radical (unpaired) electrons. The van der Waals surface area contributed by atoms with E-state index >= 15 is 0 Å². The first kappa shape index (κ1) is 10.0. The number of carbonyl (C=O) groups excluding carboxylic acids is 2. The molecule has 2 aliphatic rings. The van der Waals surface area contributed by atoms with Crippen LogP contribution in [0.1, 0.15) is 25.7 Å². The molecule has 1 aliphatic heterocycles. The number of thioether (sulfide) groups is 1. The molecule has 0 aromatic carbocycles. The molecular weight excluding hydrogens is 198 g/mol. The van der Waals surface area contributed by atoms with Gasteiger partial charge in [0.15, 0.2) is 0 Å². The van der Waals surface area contributed by atoms with Crippen LogP contribution in [0, 0.1) is 0 Å². The molecule has 78 valence electrons. The van der Waals surface area contributed by atoms with E-state index in [9.17, 15) is 9.59 Å². The molecule has 0 N–H and O–H groups in total. The van der Waals surface area contributed by atoms with E-state index in [0.717, 1.165) is 6.54 Å². The van der Waals surface area contributed by atoms with Gasteiger partial charge >= 0.3 is 0 Å². The van der Waals surface area contributed by atoms with E-state index in [-0.39, 0.29) is 16.4 Å². The molecule has 2 fully saturated rings. The summed E-state index contributed by atoms with van der Waals surface area (Å²) in [5.74, 6) is -0.467. The minimum atomic E-state index is -0.259. The second-order valence-corrected chi connectivity index (χ2v) is 5.41. The monoisotopic (exact) mass is 213 g/mol. The van der Waals surface area contributed by atoms with Crippen LogP contribution in [0.5, 0.6) is 0 Å². The van der Waals surface area contributed by atoms with Crippen LogP contribution in [0.15, 0.2) is 0 Å². The zero-order valence-electron chi connectivity index (χ0n) is 8.41. The van der Waals surface area contributed by atoms with Crippen LogP contribution in [-0.4, -0.2) is 40.7 Å². The van der Waals surface area contributed by atoms with Crippen molar-refractivity contribution in [1.29, 1.82) is 0 Å². The minimum Gasteiger partial charge on any atom is -0.334 e. The second kappa shape index (κ2) is 3.57. The number of ketones is 1. The summed E-state index contributed by atoms with van der Waals surface area (Å²) in [6, 6.07) is 0. The normalized spacial score (nSPS) is 25.4. The van der Waals surface area contributed by atoms with Crippen molar-refractivity contribution >= 4 is 23.5 Å². The standard InChI is InChI=1S/C10H15NO2S/c1-14-10(4-2-5-10)7-11-6-3-8(12)9(11)13/h2-7H2,1H3. The van der Waals surface area contributed by atoms with Crippen molar-refractivity contribution in [1.82, 2.24) is 4.90 Å². The molecule has 2 rings (SSSR count). The molecule has 0 aromatic heterocycles. The summed E-state index contributed by atoms with van der Waals surface area (Å²) in [6.45, 7) is 1.42. The maximum Gasteiger partial charge on any atom is 0.290 e. The SMILES string of the molecule is CSC1(CN2CCC(=O)C2=O)CCC1. The predicted octanol–water partition coefficient (Wildman–Crippen LogP) is 1.07. The molecular formula is C10H15NO2S. The van der Waals surface area contributed by atoms with Crippen molar-refractivity contribution in [3.63, 3.8) is 0 Å². The van der Waals surface area contributed by atoms with Gasteiger partial charge in [-0.15, -0.1) is 0 Å². The molecule has 0 unspecified atom stereocenters. The van der Waals surface area contributed by atoms with Crippen LogP contribution in [-0.2, 0) is 9.59 Å². The summed E-state index contributed by atoms with van der Waals surface area (Å²) in [6.07, 6.45) is 6.15. The fourth-order valence-electron chi connectivity index (χ4n) is 2.12. The number of Topliss-reactive ketones (excluding diaryl/α,β-unsaturated/α-hetero) is 1. The third-order valence-electron chi connectivity index (χ3n) is 3.31. The molecule has 3 nitrogen and oxygen atoms in total. The summed E-state index contributed by atoms with van der Waals surface area (Å²) in [7, 11) is 0. The Morgan fingerprint density at radius 1 is 1.43 bits per heavy atom. The van der Waals surface area contributed by atoms with Crippen molar-refractivity contribution in [2.45, 2.75) is 30.4 Å². The van der Waals surface area contributed by atoms with Crippen molar-refractivity contribution in [3.8, 4) is 0 Å². The first-order valence-corrected chi connectivity index (χ1v) is 6.27. The van der Waals surface area contributed by atoms with Crippen LogP contribution < -0.4 is 0 Å². The van der Waals surface area contributed by atoms with Crippen LogP contribution in [0.2, 0.25) is 0 Å². The molecule has 4 heteroatoms. The molecule has 1 amide bonds. The van der Waals surface area contributed by atoms with Crippen LogP contribution >= 0.6 is 11.8 Å². The fourth-order valence-corrected chi connectivity index (χ4v) is 3.10. The van der Waals surface area contributed by atoms with Crippen LogP contribution in [0.3, 0.4) is 0 Å². The Kier molecular flexibility index (Phi) is 2.56. The van der Waals surface area contributed by atoms with Gasteiger partial charge in [-0.2, -0.15) is 11.8 Å². The molecule has 0 bridgehead atoms. The average molecular weight is 213 g/mol. The first-order valence-electron chi connectivity index (χ1n) is 5.04. The topological polar surface area (TPSA) is 37.4 Å². The van der Waals surface area contributed by atoms with Gasteiger partial charge in [0, 0.05) is 24.3 Å². The highest BCUT2D eigenvalue weighted by atomic mass is 32.2. The third kappa shape index (κ3) is 1.56. The molecule has 0 aromatic rings. The van der Waals surface area contributed by atoms with Crippen LogP contribution in [0.4, 0.5) is 0 Å². The van der Waals surface area contributed by atoms with Gasteiger partial charge in [0.1, 0.15) is 0 Å².